The van der Waals surface area contributed by atoms with Crippen molar-refractivity contribution in [2.24, 2.45) is 0 Å². The highest BCUT2D eigenvalue weighted by Crippen LogP contribution is 2.42. The molecule has 0 saturated carbocycles. The average molecular weight is 262 g/mol. The zero-order valence-corrected chi connectivity index (χ0v) is 11.5. The third-order valence-corrected chi connectivity index (χ3v) is 3.29. The molecule has 1 aromatic carbocycles. The van der Waals surface area contributed by atoms with Gasteiger partial charge >= 0.3 is 0 Å². The summed E-state index contributed by atoms with van der Waals surface area (Å²) in [5, 5.41) is 8.73. The normalized spacial score (nSPS) is 14.3. The zero-order valence-electron chi connectivity index (χ0n) is 11.5. The minimum Gasteiger partial charge on any atom is -0.493 e. The van der Waals surface area contributed by atoms with E-state index < -0.39 is 0 Å². The molecule has 1 heterocycles. The Bertz CT molecular complexity index is 496. The van der Waals surface area contributed by atoms with Crippen LogP contribution in [0.5, 0.6) is 17.2 Å². The van der Waals surface area contributed by atoms with Crippen molar-refractivity contribution >= 4 is 0 Å². The Labute approximate surface area is 113 Å². The Morgan fingerprint density at radius 1 is 1.47 bits per heavy atom. The molecule has 0 aliphatic carbocycles. The highest BCUT2D eigenvalue weighted by atomic mass is 16.7. The second-order valence-electron chi connectivity index (χ2n) is 4.66. The number of benzene rings is 1. The molecule has 5 heteroatoms. The number of ether oxygens (including phenoxy) is 3. The first-order chi connectivity index (χ1) is 9.15. The van der Waals surface area contributed by atoms with E-state index in [1.165, 1.54) is 0 Å². The quantitative estimate of drug-likeness (QED) is 0.814. The molecule has 5 nitrogen and oxygen atoms in total. The third kappa shape index (κ3) is 2.91. The van der Waals surface area contributed by atoms with Crippen LogP contribution >= 0.6 is 0 Å². The molecule has 0 fully saturated rings. The van der Waals surface area contributed by atoms with Gasteiger partial charge in [-0.15, -0.1) is 0 Å². The van der Waals surface area contributed by atoms with Gasteiger partial charge in [-0.25, -0.2) is 0 Å². The maximum atomic E-state index is 8.73. The maximum absolute atomic E-state index is 8.73. The number of hydrogen-bond donors (Lipinski definition) is 0. The van der Waals surface area contributed by atoms with Gasteiger partial charge in [0.1, 0.15) is 0 Å². The summed E-state index contributed by atoms with van der Waals surface area (Å²) >= 11 is 0. The number of hydrogen-bond acceptors (Lipinski definition) is 5. The molecule has 1 aliphatic heterocycles. The van der Waals surface area contributed by atoms with E-state index in [2.05, 4.69) is 11.0 Å². The lowest BCUT2D eigenvalue weighted by molar-refractivity contribution is 0.171. The fraction of sp³-hybridized carbons (Fsp3) is 0.500. The molecule has 1 atom stereocenters. The monoisotopic (exact) mass is 262 g/mol. The Kier molecular flexibility index (Phi) is 4.13. The Balaban J connectivity index is 2.15. The lowest BCUT2D eigenvalue weighted by Gasteiger charge is -2.22. The molecular weight excluding hydrogens is 244 g/mol. The topological polar surface area (TPSA) is 54.7 Å². The molecule has 0 spiro atoms. The number of nitriles is 1. The first-order valence-electron chi connectivity index (χ1n) is 6.19. The lowest BCUT2D eigenvalue weighted by atomic mass is 10.1. The zero-order chi connectivity index (χ0) is 13.8. The molecule has 0 amide bonds. The van der Waals surface area contributed by atoms with Crippen LogP contribution in [0.2, 0.25) is 0 Å². The van der Waals surface area contributed by atoms with Crippen LogP contribution in [0, 0.1) is 11.3 Å². The van der Waals surface area contributed by atoms with Gasteiger partial charge in [0.2, 0.25) is 12.5 Å². The lowest BCUT2D eigenvalue weighted by Crippen LogP contribution is -2.28. The van der Waals surface area contributed by atoms with Crippen molar-refractivity contribution in [1.82, 2.24) is 4.90 Å². The van der Waals surface area contributed by atoms with E-state index in [9.17, 15) is 0 Å². The van der Waals surface area contributed by atoms with Crippen molar-refractivity contribution in [3.8, 4) is 23.3 Å². The van der Waals surface area contributed by atoms with Crippen molar-refractivity contribution in [3.63, 3.8) is 0 Å². The van der Waals surface area contributed by atoms with Crippen LogP contribution in [-0.4, -0.2) is 31.9 Å². The van der Waals surface area contributed by atoms with Crippen molar-refractivity contribution in [2.75, 3.05) is 21.0 Å². The second-order valence-corrected chi connectivity index (χ2v) is 4.66. The van der Waals surface area contributed by atoms with E-state index in [1.54, 1.807) is 7.11 Å². The molecule has 19 heavy (non-hydrogen) atoms. The number of rotatable bonds is 5. The minimum absolute atomic E-state index is 0.210. The third-order valence-electron chi connectivity index (χ3n) is 3.29. The number of nitrogens with zero attached hydrogens (tertiary/aromatic N) is 2. The van der Waals surface area contributed by atoms with Gasteiger partial charge in [-0.3, -0.25) is 4.90 Å². The summed E-state index contributed by atoms with van der Waals surface area (Å²) in [7, 11) is 3.61. The molecule has 0 bridgehead atoms. The second kappa shape index (κ2) is 5.81. The summed E-state index contributed by atoms with van der Waals surface area (Å²) < 4.78 is 16.1. The molecule has 2 rings (SSSR count). The van der Waals surface area contributed by atoms with E-state index in [0.717, 1.165) is 17.9 Å². The van der Waals surface area contributed by atoms with Crippen LogP contribution in [0.4, 0.5) is 0 Å². The largest absolute Gasteiger partial charge is 0.493 e. The van der Waals surface area contributed by atoms with Crippen molar-refractivity contribution in [3.05, 3.63) is 17.7 Å². The van der Waals surface area contributed by atoms with E-state index >= 15 is 0 Å². The van der Waals surface area contributed by atoms with E-state index in [4.69, 9.17) is 19.5 Å². The summed E-state index contributed by atoms with van der Waals surface area (Å²) in [6, 6.07) is 6.30. The Morgan fingerprint density at radius 2 is 2.26 bits per heavy atom. The smallest absolute Gasteiger partial charge is 0.231 e. The summed E-state index contributed by atoms with van der Waals surface area (Å²) in [6.07, 6.45) is 0.512. The highest BCUT2D eigenvalue weighted by molar-refractivity contribution is 5.55. The van der Waals surface area contributed by atoms with Crippen LogP contribution in [-0.2, 0) is 6.54 Å². The van der Waals surface area contributed by atoms with Gasteiger partial charge in [0, 0.05) is 12.6 Å². The first kappa shape index (κ1) is 13.5. The van der Waals surface area contributed by atoms with Crippen LogP contribution in [0.3, 0.4) is 0 Å². The number of fused-ring (bicyclic) bond motifs is 1. The Hall–Kier alpha value is -1.93. The Morgan fingerprint density at radius 3 is 2.95 bits per heavy atom. The van der Waals surface area contributed by atoms with Gasteiger partial charge in [-0.05, 0) is 31.7 Å². The molecular formula is C14H18N2O3. The SMILES string of the molecule is COc1cc(CN(C)[C@@H](C)CC#N)cc2c1OCO2. The molecule has 102 valence electrons. The van der Waals surface area contributed by atoms with Crippen molar-refractivity contribution in [2.45, 2.75) is 25.9 Å². The molecule has 0 unspecified atom stereocenters. The molecule has 1 aliphatic rings. The fourth-order valence-electron chi connectivity index (χ4n) is 2.01. The predicted molar refractivity (Wildman–Crippen MR) is 70.3 cm³/mol. The summed E-state index contributed by atoms with van der Waals surface area (Å²) in [4.78, 5) is 2.13. The van der Waals surface area contributed by atoms with Gasteiger partial charge in [-0.1, -0.05) is 0 Å². The maximum Gasteiger partial charge on any atom is 0.231 e. The first-order valence-corrected chi connectivity index (χ1v) is 6.19. The van der Waals surface area contributed by atoms with Gasteiger partial charge in [0.25, 0.3) is 0 Å². The predicted octanol–water partition coefficient (Wildman–Crippen LogP) is 2.16. The molecule has 0 radical (unpaired) electrons. The fourth-order valence-corrected chi connectivity index (χ4v) is 2.01. The van der Waals surface area contributed by atoms with Crippen molar-refractivity contribution in [1.29, 1.82) is 5.26 Å². The van der Waals surface area contributed by atoms with Crippen LogP contribution in [0.25, 0.3) is 0 Å². The molecule has 0 aromatic heterocycles. The van der Waals surface area contributed by atoms with Crippen LogP contribution in [0.1, 0.15) is 18.9 Å². The van der Waals surface area contributed by atoms with Crippen molar-refractivity contribution < 1.29 is 14.2 Å². The van der Waals surface area contributed by atoms with Gasteiger partial charge < -0.3 is 14.2 Å². The molecule has 0 N–H and O–H groups in total. The summed E-state index contributed by atoms with van der Waals surface area (Å²) in [6.45, 7) is 3.00. The van der Waals surface area contributed by atoms with E-state index in [1.807, 2.05) is 26.1 Å². The minimum atomic E-state index is 0.210. The average Bonchev–Trinajstić information content (AvgIpc) is 2.86. The van der Waals surface area contributed by atoms with E-state index in [-0.39, 0.29) is 12.8 Å². The van der Waals surface area contributed by atoms with Gasteiger partial charge in [-0.2, -0.15) is 5.26 Å². The summed E-state index contributed by atoms with van der Waals surface area (Å²) in [5.74, 6) is 2.07. The summed E-state index contributed by atoms with van der Waals surface area (Å²) in [5.41, 5.74) is 1.08. The molecule has 1 aromatic rings. The van der Waals surface area contributed by atoms with Crippen LogP contribution in [0.15, 0.2) is 12.1 Å². The molecule has 0 saturated heterocycles. The standard InChI is InChI=1S/C14H18N2O3/c1-10(4-5-15)16(2)8-11-6-12(17-3)14-13(7-11)18-9-19-14/h6-7,10H,4,8-9H2,1-3H3/t10-/m0/s1. The van der Waals surface area contributed by atoms with Gasteiger partial charge in [0.05, 0.1) is 19.6 Å². The highest BCUT2D eigenvalue weighted by Gasteiger charge is 2.21. The number of methoxy groups -OCH3 is 1. The van der Waals surface area contributed by atoms with Gasteiger partial charge in [0.15, 0.2) is 11.5 Å². The van der Waals surface area contributed by atoms with Crippen LogP contribution < -0.4 is 14.2 Å². The van der Waals surface area contributed by atoms with E-state index in [0.29, 0.717) is 17.9 Å².